The van der Waals surface area contributed by atoms with E-state index in [1.165, 1.54) is 12.1 Å². The van der Waals surface area contributed by atoms with Crippen molar-refractivity contribution in [3.8, 4) is 6.07 Å². The van der Waals surface area contributed by atoms with Crippen LogP contribution in [-0.4, -0.2) is 16.7 Å². The van der Waals surface area contributed by atoms with Crippen LogP contribution < -0.4 is 0 Å². The summed E-state index contributed by atoms with van der Waals surface area (Å²) in [4.78, 5) is 25.5. The van der Waals surface area contributed by atoms with Gasteiger partial charge in [0.15, 0.2) is 0 Å². The summed E-state index contributed by atoms with van der Waals surface area (Å²) in [5.41, 5.74) is 1.15. The molecule has 5 heteroatoms. The van der Waals surface area contributed by atoms with Crippen molar-refractivity contribution in [2.75, 3.05) is 0 Å². The summed E-state index contributed by atoms with van der Waals surface area (Å²) >= 11 is 0. The van der Waals surface area contributed by atoms with Gasteiger partial charge in [0, 0.05) is 0 Å². The Bertz CT molecular complexity index is 773. The standard InChI is InChI=1S/C16H9FN2O2/c17-14-6-5-10(7-11(14)8-18)9-19-15(20)12-3-1-2-4-13(12)16(19)21/h1-7H,9H2. The highest BCUT2D eigenvalue weighted by Crippen LogP contribution is 2.24. The molecule has 2 aromatic carbocycles. The Kier molecular flexibility index (Phi) is 2.99. The van der Waals surface area contributed by atoms with E-state index in [-0.39, 0.29) is 23.9 Å². The summed E-state index contributed by atoms with van der Waals surface area (Å²) < 4.78 is 13.3. The fourth-order valence-corrected chi connectivity index (χ4v) is 2.32. The van der Waals surface area contributed by atoms with Crippen LogP contribution in [0, 0.1) is 17.1 Å². The molecule has 1 aliphatic heterocycles. The lowest BCUT2D eigenvalue weighted by Crippen LogP contribution is -2.29. The summed E-state index contributed by atoms with van der Waals surface area (Å²) in [6.45, 7) is 0.0152. The van der Waals surface area contributed by atoms with Crippen molar-refractivity contribution in [3.63, 3.8) is 0 Å². The number of carbonyl (C=O) groups is 2. The van der Waals surface area contributed by atoms with Gasteiger partial charge in [-0.3, -0.25) is 14.5 Å². The first-order valence-corrected chi connectivity index (χ1v) is 6.25. The van der Waals surface area contributed by atoms with Gasteiger partial charge in [-0.25, -0.2) is 4.39 Å². The van der Waals surface area contributed by atoms with Crippen LogP contribution in [-0.2, 0) is 6.54 Å². The van der Waals surface area contributed by atoms with Crippen molar-refractivity contribution in [3.05, 3.63) is 70.5 Å². The van der Waals surface area contributed by atoms with E-state index < -0.39 is 5.82 Å². The molecule has 0 aromatic heterocycles. The predicted molar refractivity (Wildman–Crippen MR) is 71.8 cm³/mol. The van der Waals surface area contributed by atoms with Crippen molar-refractivity contribution in [1.29, 1.82) is 5.26 Å². The van der Waals surface area contributed by atoms with Crippen molar-refractivity contribution < 1.29 is 14.0 Å². The third-order valence-electron chi connectivity index (χ3n) is 3.37. The second-order valence-corrected chi connectivity index (χ2v) is 4.67. The van der Waals surface area contributed by atoms with E-state index in [0.29, 0.717) is 16.7 Å². The molecule has 2 aromatic rings. The Hall–Kier alpha value is -3.00. The molecule has 1 heterocycles. The zero-order valence-electron chi connectivity index (χ0n) is 10.8. The van der Waals surface area contributed by atoms with E-state index in [1.54, 1.807) is 30.3 Å². The second-order valence-electron chi connectivity index (χ2n) is 4.67. The van der Waals surface area contributed by atoms with Gasteiger partial charge in [0.25, 0.3) is 11.8 Å². The van der Waals surface area contributed by atoms with Gasteiger partial charge in [0.2, 0.25) is 0 Å². The summed E-state index contributed by atoms with van der Waals surface area (Å²) in [6.07, 6.45) is 0. The number of carbonyl (C=O) groups excluding carboxylic acids is 2. The minimum Gasteiger partial charge on any atom is -0.270 e. The average Bonchev–Trinajstić information content (AvgIpc) is 2.74. The molecular formula is C16H9FN2O2. The van der Waals surface area contributed by atoms with Crippen LogP contribution in [0.3, 0.4) is 0 Å². The molecule has 0 saturated carbocycles. The molecule has 1 aliphatic rings. The zero-order valence-corrected chi connectivity index (χ0v) is 10.8. The lowest BCUT2D eigenvalue weighted by molar-refractivity contribution is 0.0642. The maximum absolute atomic E-state index is 13.3. The van der Waals surface area contributed by atoms with Crippen LogP contribution in [0.4, 0.5) is 4.39 Å². The smallest absolute Gasteiger partial charge is 0.261 e. The fourth-order valence-electron chi connectivity index (χ4n) is 2.32. The van der Waals surface area contributed by atoms with Crippen molar-refractivity contribution >= 4 is 11.8 Å². The Morgan fingerprint density at radius 1 is 1.05 bits per heavy atom. The lowest BCUT2D eigenvalue weighted by atomic mass is 10.1. The molecule has 102 valence electrons. The molecule has 2 amide bonds. The molecule has 0 fully saturated rings. The first-order chi connectivity index (χ1) is 10.1. The quantitative estimate of drug-likeness (QED) is 0.794. The van der Waals surface area contributed by atoms with Crippen molar-refractivity contribution in [2.24, 2.45) is 0 Å². The maximum atomic E-state index is 13.3. The number of rotatable bonds is 2. The molecule has 0 spiro atoms. The number of halogens is 1. The van der Waals surface area contributed by atoms with Gasteiger partial charge >= 0.3 is 0 Å². The second kappa shape index (κ2) is 4.84. The van der Waals surface area contributed by atoms with Gasteiger partial charge in [0.05, 0.1) is 23.2 Å². The van der Waals surface area contributed by atoms with Crippen LogP contribution in [0.5, 0.6) is 0 Å². The van der Waals surface area contributed by atoms with E-state index in [1.807, 2.05) is 0 Å². The van der Waals surface area contributed by atoms with Gasteiger partial charge in [0.1, 0.15) is 11.9 Å². The highest BCUT2D eigenvalue weighted by Gasteiger charge is 2.34. The molecular weight excluding hydrogens is 271 g/mol. The van der Waals surface area contributed by atoms with Crippen LogP contribution in [0.2, 0.25) is 0 Å². The third-order valence-corrected chi connectivity index (χ3v) is 3.37. The number of amides is 2. The highest BCUT2D eigenvalue weighted by atomic mass is 19.1. The molecule has 0 unspecified atom stereocenters. The molecule has 21 heavy (non-hydrogen) atoms. The molecule has 0 aliphatic carbocycles. The lowest BCUT2D eigenvalue weighted by Gasteiger charge is -2.14. The van der Waals surface area contributed by atoms with E-state index in [2.05, 4.69) is 0 Å². The minimum atomic E-state index is -0.622. The maximum Gasteiger partial charge on any atom is 0.261 e. The molecule has 0 saturated heterocycles. The number of nitrogens with zero attached hydrogens (tertiary/aromatic N) is 2. The zero-order chi connectivity index (χ0) is 15.0. The number of hydrogen-bond acceptors (Lipinski definition) is 3. The summed E-state index contributed by atoms with van der Waals surface area (Å²) in [5.74, 6) is -1.37. The average molecular weight is 280 g/mol. The van der Waals surface area contributed by atoms with Crippen molar-refractivity contribution in [1.82, 2.24) is 4.90 Å². The molecule has 0 N–H and O–H groups in total. The van der Waals surface area contributed by atoms with Crippen LogP contribution in [0.25, 0.3) is 0 Å². The Morgan fingerprint density at radius 2 is 1.67 bits per heavy atom. The monoisotopic (exact) mass is 280 g/mol. The summed E-state index contributed by atoms with van der Waals surface area (Å²) in [5, 5.41) is 8.81. The Morgan fingerprint density at radius 3 is 2.24 bits per heavy atom. The number of fused-ring (bicyclic) bond motifs is 1. The van der Waals surface area contributed by atoms with Gasteiger partial charge in [-0.2, -0.15) is 5.26 Å². The number of benzene rings is 2. The number of nitriles is 1. The summed E-state index contributed by atoms with van der Waals surface area (Å²) in [7, 11) is 0. The van der Waals surface area contributed by atoms with Gasteiger partial charge < -0.3 is 0 Å². The largest absolute Gasteiger partial charge is 0.270 e. The Balaban J connectivity index is 1.93. The van der Waals surface area contributed by atoms with Gasteiger partial charge in [-0.1, -0.05) is 18.2 Å². The van der Waals surface area contributed by atoms with E-state index in [0.717, 1.165) is 11.0 Å². The third kappa shape index (κ3) is 2.07. The van der Waals surface area contributed by atoms with Crippen LogP contribution in [0.1, 0.15) is 31.8 Å². The molecule has 0 radical (unpaired) electrons. The van der Waals surface area contributed by atoms with Crippen LogP contribution in [0.15, 0.2) is 42.5 Å². The normalized spacial score (nSPS) is 13.2. The first-order valence-electron chi connectivity index (χ1n) is 6.25. The molecule has 0 atom stereocenters. The topological polar surface area (TPSA) is 61.2 Å². The SMILES string of the molecule is N#Cc1cc(CN2C(=O)c3ccccc3C2=O)ccc1F. The van der Waals surface area contributed by atoms with Gasteiger partial charge in [-0.05, 0) is 29.8 Å². The van der Waals surface area contributed by atoms with E-state index in [9.17, 15) is 14.0 Å². The summed E-state index contributed by atoms with van der Waals surface area (Å²) in [6, 6.07) is 12.3. The first kappa shape index (κ1) is 13.0. The van der Waals surface area contributed by atoms with E-state index in [4.69, 9.17) is 5.26 Å². The Labute approximate surface area is 120 Å². The molecule has 4 nitrogen and oxygen atoms in total. The molecule has 3 rings (SSSR count). The number of hydrogen-bond donors (Lipinski definition) is 0. The highest BCUT2D eigenvalue weighted by molar-refractivity contribution is 6.21. The van der Waals surface area contributed by atoms with Crippen molar-refractivity contribution in [2.45, 2.75) is 6.54 Å². The van der Waals surface area contributed by atoms with Crippen LogP contribution >= 0.6 is 0 Å². The fraction of sp³-hybridized carbons (Fsp3) is 0.0625. The minimum absolute atomic E-state index is 0.0152. The number of imide groups is 1. The van der Waals surface area contributed by atoms with Gasteiger partial charge in [-0.15, -0.1) is 0 Å². The predicted octanol–water partition coefficient (Wildman–Crippen LogP) is 2.49. The van der Waals surface area contributed by atoms with E-state index >= 15 is 0 Å². The molecule has 0 bridgehead atoms.